The van der Waals surface area contributed by atoms with Crippen LogP contribution < -0.4 is 11.5 Å². The number of hydrogen-bond acceptors (Lipinski definition) is 5. The zero-order valence-corrected chi connectivity index (χ0v) is 13.4. The Labute approximate surface area is 132 Å². The summed E-state index contributed by atoms with van der Waals surface area (Å²) in [5.41, 5.74) is 9.70. The highest BCUT2D eigenvalue weighted by Gasteiger charge is 2.26. The minimum Gasteiger partial charge on any atom is -0.370 e. The number of sulfone groups is 1. The fourth-order valence-electron chi connectivity index (χ4n) is 1.72. The van der Waals surface area contributed by atoms with Gasteiger partial charge in [0.15, 0.2) is 15.8 Å². The van der Waals surface area contributed by atoms with E-state index in [4.69, 9.17) is 11.5 Å². The number of aliphatic imine (C=N–C) groups is 1. The molecule has 0 saturated heterocycles. The third kappa shape index (κ3) is 4.40. The summed E-state index contributed by atoms with van der Waals surface area (Å²) in [7, 11) is -3.81. The number of halogens is 1. The number of carbonyl (C=O) groups excluding carboxylic acids is 1. The van der Waals surface area contributed by atoms with Crippen molar-refractivity contribution in [1.29, 1.82) is 0 Å². The minimum atomic E-state index is -3.81. The molecule has 1 aromatic rings. The van der Waals surface area contributed by atoms with Gasteiger partial charge < -0.3 is 11.5 Å². The van der Waals surface area contributed by atoms with Crippen molar-refractivity contribution < 1.29 is 18.1 Å². The molecule has 0 aromatic heterocycles. The molecule has 11 heteroatoms. The molecule has 0 aliphatic rings. The Morgan fingerprint density at radius 1 is 1.36 bits per heavy atom. The van der Waals surface area contributed by atoms with Crippen LogP contribution in [0.3, 0.4) is 0 Å². The van der Waals surface area contributed by atoms with Gasteiger partial charge in [0, 0.05) is 12.3 Å². The summed E-state index contributed by atoms with van der Waals surface area (Å²) in [6, 6.07) is 1.98. The summed E-state index contributed by atoms with van der Waals surface area (Å²) in [5, 5.41) is 11.0. The fourth-order valence-corrected chi connectivity index (χ4v) is 2.59. The average molecular weight is 351 g/mol. The second-order valence-electron chi connectivity index (χ2n) is 4.20. The average Bonchev–Trinajstić information content (AvgIpc) is 2.34. The maximum Gasteiger partial charge on any atom is 0.288 e. The first-order chi connectivity index (χ1) is 9.57. The normalized spacial score (nSPS) is 10.5. The van der Waals surface area contributed by atoms with Gasteiger partial charge in [-0.2, -0.15) is 4.99 Å². The van der Waals surface area contributed by atoms with Gasteiger partial charge >= 0.3 is 0 Å². The largest absolute Gasteiger partial charge is 0.370 e. The summed E-state index contributed by atoms with van der Waals surface area (Å²) >= 11 is 0. The Morgan fingerprint density at radius 3 is 2.27 bits per heavy atom. The van der Waals surface area contributed by atoms with Crippen LogP contribution in [0.2, 0.25) is 0 Å². The van der Waals surface area contributed by atoms with Gasteiger partial charge in [-0.1, -0.05) is 6.92 Å². The van der Waals surface area contributed by atoms with Crippen molar-refractivity contribution in [3.05, 3.63) is 33.4 Å². The standard InChI is InChI=1S/C11H14N4O5S.ClH/c1-3-6-4-9(21(2,19)20)8(15(17)18)5-7(6)10(16)14-11(12)13;/h4-5H,3H2,1-2H3,(H4,12,13,14,16);1H. The van der Waals surface area contributed by atoms with Crippen molar-refractivity contribution in [3.8, 4) is 0 Å². The maximum absolute atomic E-state index is 11.9. The van der Waals surface area contributed by atoms with Gasteiger partial charge in [-0.15, -0.1) is 12.4 Å². The van der Waals surface area contributed by atoms with Crippen molar-refractivity contribution in [2.75, 3.05) is 6.26 Å². The summed E-state index contributed by atoms with van der Waals surface area (Å²) in [6.07, 6.45) is 1.13. The van der Waals surface area contributed by atoms with Crippen LogP contribution in [0.5, 0.6) is 0 Å². The van der Waals surface area contributed by atoms with Crippen LogP contribution in [0.25, 0.3) is 0 Å². The van der Waals surface area contributed by atoms with E-state index in [2.05, 4.69) is 4.99 Å². The van der Waals surface area contributed by atoms with E-state index in [1.807, 2.05) is 0 Å². The summed E-state index contributed by atoms with van der Waals surface area (Å²) < 4.78 is 23.3. The number of guanidine groups is 1. The molecule has 0 atom stereocenters. The number of nitro benzene ring substituents is 1. The maximum atomic E-state index is 11.9. The molecule has 122 valence electrons. The Morgan fingerprint density at radius 2 is 1.91 bits per heavy atom. The molecule has 22 heavy (non-hydrogen) atoms. The Hall–Kier alpha value is -2.20. The Balaban J connectivity index is 0.00000441. The van der Waals surface area contributed by atoms with Gasteiger partial charge in [0.1, 0.15) is 4.90 Å². The van der Waals surface area contributed by atoms with Crippen LogP contribution in [-0.2, 0) is 16.3 Å². The van der Waals surface area contributed by atoms with Crippen molar-refractivity contribution in [2.24, 2.45) is 16.5 Å². The summed E-state index contributed by atoms with van der Waals surface area (Å²) in [6.45, 7) is 1.67. The number of hydrogen-bond donors (Lipinski definition) is 2. The molecule has 4 N–H and O–H groups in total. The van der Waals surface area contributed by atoms with E-state index < -0.39 is 37.2 Å². The lowest BCUT2D eigenvalue weighted by Gasteiger charge is -2.08. The number of benzene rings is 1. The quantitative estimate of drug-likeness (QED) is 0.344. The van der Waals surface area contributed by atoms with Crippen molar-refractivity contribution >= 4 is 39.8 Å². The number of amides is 1. The zero-order chi connectivity index (χ0) is 16.4. The zero-order valence-electron chi connectivity index (χ0n) is 11.8. The molecule has 9 nitrogen and oxygen atoms in total. The van der Waals surface area contributed by atoms with E-state index in [1.54, 1.807) is 6.92 Å². The molecule has 0 spiro atoms. The Bertz CT molecular complexity index is 741. The molecule has 1 amide bonds. The van der Waals surface area contributed by atoms with E-state index in [0.29, 0.717) is 5.56 Å². The van der Waals surface area contributed by atoms with E-state index in [9.17, 15) is 23.3 Å². The van der Waals surface area contributed by atoms with Crippen LogP contribution in [0.1, 0.15) is 22.8 Å². The molecule has 0 fully saturated rings. The van der Waals surface area contributed by atoms with E-state index in [-0.39, 0.29) is 24.4 Å². The molecule has 0 saturated carbocycles. The Kier molecular flexibility index (Phi) is 6.46. The SMILES string of the molecule is CCc1cc(S(C)(=O)=O)c([N+](=O)[O-])cc1C(=O)N=C(N)N.Cl. The topological polar surface area (TPSA) is 159 Å². The van der Waals surface area contributed by atoms with Gasteiger partial charge in [0.2, 0.25) is 0 Å². The lowest BCUT2D eigenvalue weighted by molar-refractivity contribution is -0.387. The lowest BCUT2D eigenvalue weighted by atomic mass is 10.0. The summed E-state index contributed by atoms with van der Waals surface area (Å²) in [4.78, 5) is 24.8. The van der Waals surface area contributed by atoms with Crippen molar-refractivity contribution in [2.45, 2.75) is 18.2 Å². The van der Waals surface area contributed by atoms with Crippen molar-refractivity contribution in [1.82, 2.24) is 0 Å². The first-order valence-corrected chi connectivity index (χ1v) is 7.62. The highest BCUT2D eigenvalue weighted by molar-refractivity contribution is 7.90. The molecule has 0 unspecified atom stereocenters. The van der Waals surface area contributed by atoms with Crippen molar-refractivity contribution in [3.63, 3.8) is 0 Å². The second-order valence-corrected chi connectivity index (χ2v) is 6.19. The highest BCUT2D eigenvalue weighted by Crippen LogP contribution is 2.28. The molecule has 0 aliphatic carbocycles. The van der Waals surface area contributed by atoms with Crippen LogP contribution in [0.4, 0.5) is 5.69 Å². The van der Waals surface area contributed by atoms with Gasteiger partial charge in [0.25, 0.3) is 11.6 Å². The molecule has 0 aliphatic heterocycles. The second kappa shape index (κ2) is 7.18. The third-order valence-electron chi connectivity index (χ3n) is 2.62. The van der Waals surface area contributed by atoms with Crippen LogP contribution in [0.15, 0.2) is 22.0 Å². The fraction of sp³-hybridized carbons (Fsp3) is 0.273. The van der Waals surface area contributed by atoms with E-state index >= 15 is 0 Å². The molecule has 0 bridgehead atoms. The van der Waals surface area contributed by atoms with Gasteiger partial charge in [0.05, 0.1) is 10.5 Å². The molecule has 0 radical (unpaired) electrons. The number of nitro groups is 1. The number of aryl methyl sites for hydroxylation is 1. The van der Waals surface area contributed by atoms with Gasteiger partial charge in [-0.05, 0) is 18.1 Å². The van der Waals surface area contributed by atoms with E-state index in [0.717, 1.165) is 18.4 Å². The van der Waals surface area contributed by atoms with E-state index in [1.165, 1.54) is 0 Å². The number of rotatable bonds is 4. The van der Waals surface area contributed by atoms with Crippen LogP contribution >= 0.6 is 12.4 Å². The lowest BCUT2D eigenvalue weighted by Crippen LogP contribution is -2.24. The monoisotopic (exact) mass is 350 g/mol. The predicted octanol–water partition coefficient (Wildman–Crippen LogP) is 0.396. The molecule has 1 aromatic carbocycles. The van der Waals surface area contributed by atoms with Crippen LogP contribution in [-0.4, -0.2) is 31.5 Å². The van der Waals surface area contributed by atoms with Gasteiger partial charge in [-0.25, -0.2) is 8.42 Å². The number of nitrogens with zero attached hydrogens (tertiary/aromatic N) is 2. The first-order valence-electron chi connectivity index (χ1n) is 5.73. The van der Waals surface area contributed by atoms with Gasteiger partial charge in [-0.3, -0.25) is 14.9 Å². The first kappa shape index (κ1) is 19.8. The predicted molar refractivity (Wildman–Crippen MR) is 83.0 cm³/mol. The molecule has 0 heterocycles. The third-order valence-corrected chi connectivity index (χ3v) is 3.75. The number of carbonyl (C=O) groups is 1. The molecular formula is C11H15ClN4O5S. The number of nitrogens with two attached hydrogens (primary N) is 2. The molecule has 1 rings (SSSR count). The smallest absolute Gasteiger partial charge is 0.288 e. The van der Waals surface area contributed by atoms with Crippen LogP contribution in [0, 0.1) is 10.1 Å². The highest BCUT2D eigenvalue weighted by atomic mass is 35.5. The minimum absolute atomic E-state index is 0. The summed E-state index contributed by atoms with van der Waals surface area (Å²) in [5.74, 6) is -1.35. The molecular weight excluding hydrogens is 336 g/mol.